The molecule has 0 unspecified atom stereocenters. The number of rotatable bonds is 4. The Hall–Kier alpha value is -2.10. The Balaban J connectivity index is 2.07. The summed E-state index contributed by atoms with van der Waals surface area (Å²) < 4.78 is 26.3. The smallest absolute Gasteiger partial charge is 0.169 e. The number of ketones is 1. The van der Waals surface area contributed by atoms with Gasteiger partial charge in [-0.05, 0) is 30.2 Å². The molecule has 4 heteroatoms. The van der Waals surface area contributed by atoms with E-state index in [0.29, 0.717) is 6.42 Å². The summed E-state index contributed by atoms with van der Waals surface area (Å²) in [7, 11) is 0. The third-order valence-corrected chi connectivity index (χ3v) is 2.62. The predicted molar refractivity (Wildman–Crippen MR) is 63.2 cm³/mol. The molecule has 0 aliphatic heterocycles. The summed E-state index contributed by atoms with van der Waals surface area (Å²) in [5.74, 6) is -2.48. The fourth-order valence-electron chi connectivity index (χ4n) is 1.66. The summed E-state index contributed by atoms with van der Waals surface area (Å²) >= 11 is 0. The Labute approximate surface area is 103 Å². The van der Waals surface area contributed by atoms with Crippen LogP contribution in [0.25, 0.3) is 0 Å². The summed E-state index contributed by atoms with van der Waals surface area (Å²) in [6, 6.07) is 7.22. The fraction of sp³-hybridized carbons (Fsp3) is 0.143. The second-order valence-electron chi connectivity index (χ2n) is 3.89. The SMILES string of the molecule is O=C(CCc1cccnc1)c1cccc(F)c1F. The van der Waals surface area contributed by atoms with Crippen LogP contribution in [-0.2, 0) is 6.42 Å². The number of carbonyl (C=O) groups excluding carboxylic acids is 1. The number of Topliss-reactive ketones (excluding diaryl/α,β-unsaturated/α-hetero) is 1. The minimum absolute atomic E-state index is 0.131. The number of hydrogen-bond acceptors (Lipinski definition) is 2. The number of pyridine rings is 1. The average Bonchev–Trinajstić information content (AvgIpc) is 2.40. The molecule has 0 saturated heterocycles. The molecular weight excluding hydrogens is 236 g/mol. The summed E-state index contributed by atoms with van der Waals surface area (Å²) in [6.07, 6.45) is 3.88. The largest absolute Gasteiger partial charge is 0.294 e. The molecule has 1 aromatic carbocycles. The summed E-state index contributed by atoms with van der Waals surface area (Å²) in [4.78, 5) is 15.7. The van der Waals surface area contributed by atoms with Crippen molar-refractivity contribution in [3.05, 3.63) is 65.5 Å². The van der Waals surface area contributed by atoms with Crippen LogP contribution in [0.1, 0.15) is 22.3 Å². The lowest BCUT2D eigenvalue weighted by Gasteiger charge is -2.03. The van der Waals surface area contributed by atoms with Gasteiger partial charge in [-0.2, -0.15) is 0 Å². The number of hydrogen-bond donors (Lipinski definition) is 0. The standard InChI is InChI=1S/C14H11F2NO/c15-12-5-1-4-11(14(12)16)13(18)7-6-10-3-2-8-17-9-10/h1-5,8-9H,6-7H2. The molecule has 2 rings (SSSR count). The molecule has 92 valence electrons. The van der Waals surface area contributed by atoms with Crippen LogP contribution in [0.4, 0.5) is 8.78 Å². The topological polar surface area (TPSA) is 30.0 Å². The van der Waals surface area contributed by atoms with E-state index in [-0.39, 0.29) is 12.0 Å². The van der Waals surface area contributed by atoms with Gasteiger partial charge in [-0.15, -0.1) is 0 Å². The van der Waals surface area contributed by atoms with Gasteiger partial charge in [-0.3, -0.25) is 9.78 Å². The highest BCUT2D eigenvalue weighted by atomic mass is 19.2. The third-order valence-electron chi connectivity index (χ3n) is 2.62. The first-order valence-corrected chi connectivity index (χ1v) is 5.54. The Morgan fingerprint density at radius 3 is 2.72 bits per heavy atom. The molecule has 1 aromatic heterocycles. The van der Waals surface area contributed by atoms with Gasteiger partial charge in [0.2, 0.25) is 0 Å². The van der Waals surface area contributed by atoms with Crippen molar-refractivity contribution in [1.82, 2.24) is 4.98 Å². The molecule has 2 nitrogen and oxygen atoms in total. The Bertz CT molecular complexity index is 555. The monoisotopic (exact) mass is 247 g/mol. The zero-order valence-electron chi connectivity index (χ0n) is 9.57. The molecule has 0 aliphatic rings. The number of nitrogens with zero attached hydrogens (tertiary/aromatic N) is 1. The minimum atomic E-state index is -1.08. The van der Waals surface area contributed by atoms with E-state index in [0.717, 1.165) is 11.6 Å². The van der Waals surface area contributed by atoms with Gasteiger partial charge in [0.15, 0.2) is 17.4 Å². The maximum absolute atomic E-state index is 13.4. The molecule has 0 radical (unpaired) electrons. The average molecular weight is 247 g/mol. The summed E-state index contributed by atoms with van der Waals surface area (Å²) in [5.41, 5.74) is 0.696. The van der Waals surface area contributed by atoms with Gasteiger partial charge < -0.3 is 0 Å². The van der Waals surface area contributed by atoms with Gasteiger partial charge in [0.1, 0.15) is 0 Å². The number of halogens is 2. The maximum atomic E-state index is 13.4. The maximum Gasteiger partial charge on any atom is 0.169 e. The van der Waals surface area contributed by atoms with Gasteiger partial charge in [-0.1, -0.05) is 12.1 Å². The molecule has 0 atom stereocenters. The van der Waals surface area contributed by atoms with Crippen LogP contribution in [-0.4, -0.2) is 10.8 Å². The number of carbonyl (C=O) groups is 1. The van der Waals surface area contributed by atoms with E-state index in [4.69, 9.17) is 0 Å². The van der Waals surface area contributed by atoms with E-state index >= 15 is 0 Å². The van der Waals surface area contributed by atoms with Crippen LogP contribution >= 0.6 is 0 Å². The van der Waals surface area contributed by atoms with Gasteiger partial charge in [0.05, 0.1) is 5.56 Å². The lowest BCUT2D eigenvalue weighted by molar-refractivity contribution is 0.0978. The molecule has 18 heavy (non-hydrogen) atoms. The minimum Gasteiger partial charge on any atom is -0.294 e. The van der Waals surface area contributed by atoms with E-state index in [1.165, 1.54) is 12.1 Å². The highest BCUT2D eigenvalue weighted by molar-refractivity contribution is 5.96. The summed E-state index contributed by atoms with van der Waals surface area (Å²) in [6.45, 7) is 0. The van der Waals surface area contributed by atoms with Gasteiger partial charge in [0.25, 0.3) is 0 Å². The highest BCUT2D eigenvalue weighted by Crippen LogP contribution is 2.14. The first-order chi connectivity index (χ1) is 8.68. The van der Waals surface area contributed by atoms with Crippen LogP contribution in [0.2, 0.25) is 0 Å². The first kappa shape index (κ1) is 12.4. The zero-order valence-corrected chi connectivity index (χ0v) is 9.57. The number of benzene rings is 1. The van der Waals surface area contributed by atoms with Gasteiger partial charge in [-0.25, -0.2) is 8.78 Å². The van der Waals surface area contributed by atoms with Crippen molar-refractivity contribution in [1.29, 1.82) is 0 Å². The number of aryl methyl sites for hydroxylation is 1. The second-order valence-corrected chi connectivity index (χ2v) is 3.89. The van der Waals surface area contributed by atoms with Crippen LogP contribution in [0.3, 0.4) is 0 Å². The van der Waals surface area contributed by atoms with Crippen LogP contribution in [0.15, 0.2) is 42.7 Å². The molecule has 0 amide bonds. The second kappa shape index (κ2) is 5.49. The van der Waals surface area contributed by atoms with Gasteiger partial charge in [0, 0.05) is 18.8 Å². The summed E-state index contributed by atoms with van der Waals surface area (Å²) in [5, 5.41) is 0. The molecule has 2 aromatic rings. The Morgan fingerprint density at radius 2 is 2.00 bits per heavy atom. The van der Waals surface area contributed by atoms with Crippen molar-refractivity contribution in [2.24, 2.45) is 0 Å². The molecule has 0 bridgehead atoms. The molecule has 0 N–H and O–H groups in total. The van der Waals surface area contributed by atoms with Crippen molar-refractivity contribution < 1.29 is 13.6 Å². The van der Waals surface area contributed by atoms with Crippen LogP contribution in [0, 0.1) is 11.6 Å². The third kappa shape index (κ3) is 2.77. The van der Waals surface area contributed by atoms with Crippen molar-refractivity contribution in [3.63, 3.8) is 0 Å². The zero-order chi connectivity index (χ0) is 13.0. The molecular formula is C14H11F2NO. The first-order valence-electron chi connectivity index (χ1n) is 5.54. The lowest BCUT2D eigenvalue weighted by Crippen LogP contribution is -2.05. The van der Waals surface area contributed by atoms with Crippen LogP contribution in [0.5, 0.6) is 0 Å². The van der Waals surface area contributed by atoms with E-state index in [2.05, 4.69) is 4.98 Å². The highest BCUT2D eigenvalue weighted by Gasteiger charge is 2.14. The van der Waals surface area contributed by atoms with E-state index in [1.807, 2.05) is 6.07 Å². The lowest BCUT2D eigenvalue weighted by atomic mass is 10.0. The van der Waals surface area contributed by atoms with Crippen molar-refractivity contribution >= 4 is 5.78 Å². The Kier molecular flexibility index (Phi) is 3.77. The molecule has 1 heterocycles. The Morgan fingerprint density at radius 1 is 1.17 bits per heavy atom. The van der Waals surface area contributed by atoms with E-state index in [9.17, 15) is 13.6 Å². The van der Waals surface area contributed by atoms with E-state index < -0.39 is 17.4 Å². The van der Waals surface area contributed by atoms with E-state index in [1.54, 1.807) is 18.5 Å². The van der Waals surface area contributed by atoms with Crippen molar-refractivity contribution in [2.75, 3.05) is 0 Å². The van der Waals surface area contributed by atoms with Gasteiger partial charge >= 0.3 is 0 Å². The normalized spacial score (nSPS) is 10.3. The van der Waals surface area contributed by atoms with Crippen molar-refractivity contribution in [2.45, 2.75) is 12.8 Å². The molecule has 0 saturated carbocycles. The molecule has 0 spiro atoms. The molecule has 0 fully saturated rings. The number of aromatic nitrogens is 1. The quantitative estimate of drug-likeness (QED) is 0.777. The van der Waals surface area contributed by atoms with Crippen LogP contribution < -0.4 is 0 Å². The van der Waals surface area contributed by atoms with Crippen molar-refractivity contribution in [3.8, 4) is 0 Å². The predicted octanol–water partition coefficient (Wildman–Crippen LogP) is 3.18. The molecule has 0 aliphatic carbocycles. The fourth-order valence-corrected chi connectivity index (χ4v) is 1.66.